The summed E-state index contributed by atoms with van der Waals surface area (Å²) >= 11 is 5.97. The number of ether oxygens (including phenoxy) is 1. The molecule has 5 N–H and O–H groups in total. The van der Waals surface area contributed by atoms with Crippen molar-refractivity contribution < 1.29 is 14.3 Å². The standard InChI is InChI=1S/C22H22ClN5O3/c1-31-20-7-6-16(23)12-19(20)28-22(30)26-13-18(24)14-2-4-15(5-3-14)21(29)27-17-8-10-25-11-9-17/h2-12,18H,13,24H2,1H3,(H,25,27,29)(H2,26,28,30). The molecule has 0 saturated heterocycles. The van der Waals surface area contributed by atoms with E-state index in [1.165, 1.54) is 7.11 Å². The molecule has 0 spiro atoms. The zero-order valence-electron chi connectivity index (χ0n) is 16.8. The molecule has 3 amide bonds. The summed E-state index contributed by atoms with van der Waals surface area (Å²) in [6, 6.07) is 14.3. The van der Waals surface area contributed by atoms with Crippen LogP contribution >= 0.6 is 11.6 Å². The second-order valence-electron chi connectivity index (χ2n) is 6.60. The minimum Gasteiger partial charge on any atom is -0.495 e. The van der Waals surface area contributed by atoms with Gasteiger partial charge in [-0.05, 0) is 48.0 Å². The van der Waals surface area contributed by atoms with Gasteiger partial charge in [0.05, 0.1) is 12.8 Å². The molecule has 160 valence electrons. The van der Waals surface area contributed by atoms with Crippen LogP contribution in [0.1, 0.15) is 22.0 Å². The van der Waals surface area contributed by atoms with E-state index in [1.54, 1.807) is 67.0 Å². The molecule has 0 saturated carbocycles. The molecule has 31 heavy (non-hydrogen) atoms. The molecular weight excluding hydrogens is 418 g/mol. The van der Waals surface area contributed by atoms with Crippen LogP contribution in [0.3, 0.4) is 0 Å². The van der Waals surface area contributed by atoms with Gasteiger partial charge in [-0.1, -0.05) is 23.7 Å². The highest BCUT2D eigenvalue weighted by atomic mass is 35.5. The van der Waals surface area contributed by atoms with Gasteiger partial charge in [0.1, 0.15) is 5.75 Å². The number of hydrogen-bond donors (Lipinski definition) is 4. The van der Waals surface area contributed by atoms with Gasteiger partial charge in [0.15, 0.2) is 0 Å². The Morgan fingerprint density at radius 2 is 1.77 bits per heavy atom. The molecule has 1 atom stereocenters. The lowest BCUT2D eigenvalue weighted by molar-refractivity contribution is 0.102. The number of carbonyl (C=O) groups excluding carboxylic acids is 2. The van der Waals surface area contributed by atoms with Crippen molar-refractivity contribution >= 4 is 34.9 Å². The first-order chi connectivity index (χ1) is 15.0. The highest BCUT2D eigenvalue weighted by Crippen LogP contribution is 2.27. The van der Waals surface area contributed by atoms with Crippen LogP contribution in [0.25, 0.3) is 0 Å². The van der Waals surface area contributed by atoms with Gasteiger partial charge >= 0.3 is 6.03 Å². The molecule has 0 fully saturated rings. The fraction of sp³-hybridized carbons (Fsp3) is 0.136. The van der Waals surface area contributed by atoms with Gasteiger partial charge < -0.3 is 26.4 Å². The topological polar surface area (TPSA) is 118 Å². The van der Waals surface area contributed by atoms with Gasteiger partial charge in [0.25, 0.3) is 5.91 Å². The monoisotopic (exact) mass is 439 g/mol. The second-order valence-corrected chi connectivity index (χ2v) is 7.03. The zero-order chi connectivity index (χ0) is 22.2. The summed E-state index contributed by atoms with van der Waals surface area (Å²) in [5.41, 5.74) is 8.55. The van der Waals surface area contributed by atoms with Crippen molar-refractivity contribution in [3.63, 3.8) is 0 Å². The van der Waals surface area contributed by atoms with Gasteiger partial charge in [-0.3, -0.25) is 9.78 Å². The minimum atomic E-state index is -0.454. The van der Waals surface area contributed by atoms with E-state index < -0.39 is 12.1 Å². The Labute approximate surface area is 184 Å². The number of urea groups is 1. The molecule has 0 aliphatic heterocycles. The van der Waals surface area contributed by atoms with Gasteiger partial charge in [-0.25, -0.2) is 4.79 Å². The van der Waals surface area contributed by atoms with Crippen molar-refractivity contribution in [2.45, 2.75) is 6.04 Å². The number of methoxy groups -OCH3 is 1. The van der Waals surface area contributed by atoms with E-state index >= 15 is 0 Å². The Morgan fingerprint density at radius 3 is 2.45 bits per heavy atom. The number of carbonyl (C=O) groups is 2. The number of amides is 3. The Kier molecular flexibility index (Phi) is 7.42. The van der Waals surface area contributed by atoms with Crippen LogP contribution in [0.2, 0.25) is 5.02 Å². The molecule has 1 heterocycles. The van der Waals surface area contributed by atoms with E-state index in [2.05, 4.69) is 20.9 Å². The van der Waals surface area contributed by atoms with Crippen LogP contribution in [0, 0.1) is 0 Å². The first-order valence-electron chi connectivity index (χ1n) is 9.41. The summed E-state index contributed by atoms with van der Waals surface area (Å²) in [7, 11) is 1.50. The summed E-state index contributed by atoms with van der Waals surface area (Å²) in [4.78, 5) is 28.4. The number of aromatic nitrogens is 1. The molecule has 3 rings (SSSR count). The predicted octanol–water partition coefficient (Wildman–Crippen LogP) is 3.82. The summed E-state index contributed by atoms with van der Waals surface area (Å²) < 4.78 is 5.20. The third-order valence-electron chi connectivity index (χ3n) is 4.43. The number of pyridine rings is 1. The molecule has 0 aliphatic rings. The van der Waals surface area contributed by atoms with Gasteiger partial charge in [0.2, 0.25) is 0 Å². The van der Waals surface area contributed by atoms with E-state index in [1.807, 2.05) is 0 Å². The van der Waals surface area contributed by atoms with Crippen molar-refractivity contribution in [3.05, 3.63) is 83.1 Å². The summed E-state index contributed by atoms with van der Waals surface area (Å²) in [6.45, 7) is 0.192. The average Bonchev–Trinajstić information content (AvgIpc) is 2.78. The normalized spacial score (nSPS) is 11.3. The molecule has 3 aromatic rings. The number of nitrogens with one attached hydrogen (secondary N) is 3. The van der Waals surface area contributed by atoms with E-state index in [0.29, 0.717) is 27.7 Å². The maximum Gasteiger partial charge on any atom is 0.319 e. The lowest BCUT2D eigenvalue weighted by Gasteiger charge is -2.15. The molecule has 1 aromatic heterocycles. The second kappa shape index (κ2) is 10.4. The quantitative estimate of drug-likeness (QED) is 0.446. The van der Waals surface area contributed by atoms with Gasteiger partial charge in [0, 0.05) is 41.3 Å². The molecule has 0 radical (unpaired) electrons. The van der Waals surface area contributed by atoms with Crippen LogP contribution in [-0.2, 0) is 0 Å². The fourth-order valence-electron chi connectivity index (χ4n) is 2.79. The summed E-state index contributed by atoms with van der Waals surface area (Å²) in [5.74, 6) is 0.253. The molecule has 1 unspecified atom stereocenters. The number of nitrogens with two attached hydrogens (primary N) is 1. The molecule has 0 bridgehead atoms. The maximum atomic E-state index is 12.3. The van der Waals surface area contributed by atoms with Crippen molar-refractivity contribution in [1.82, 2.24) is 10.3 Å². The highest BCUT2D eigenvalue weighted by molar-refractivity contribution is 6.31. The number of halogens is 1. The van der Waals surface area contributed by atoms with Crippen molar-refractivity contribution in [1.29, 1.82) is 0 Å². The Morgan fingerprint density at radius 1 is 1.06 bits per heavy atom. The van der Waals surface area contributed by atoms with E-state index in [0.717, 1.165) is 5.56 Å². The Hall–Kier alpha value is -3.62. The summed E-state index contributed by atoms with van der Waals surface area (Å²) in [5, 5.41) is 8.66. The minimum absolute atomic E-state index is 0.192. The molecule has 0 aliphatic carbocycles. The first-order valence-corrected chi connectivity index (χ1v) is 9.79. The van der Waals surface area contributed by atoms with Crippen molar-refractivity contribution in [3.8, 4) is 5.75 Å². The van der Waals surface area contributed by atoms with Crippen molar-refractivity contribution in [2.75, 3.05) is 24.3 Å². The van der Waals surface area contributed by atoms with E-state index in [-0.39, 0.29) is 12.5 Å². The lowest BCUT2D eigenvalue weighted by Crippen LogP contribution is -2.35. The maximum absolute atomic E-state index is 12.3. The van der Waals surface area contributed by atoms with Crippen LogP contribution < -0.4 is 26.4 Å². The molecule has 9 heteroatoms. The van der Waals surface area contributed by atoms with E-state index in [9.17, 15) is 9.59 Å². The number of benzene rings is 2. The first kappa shape index (κ1) is 22.1. The Bertz CT molecular complexity index is 1040. The van der Waals surface area contributed by atoms with Crippen LogP contribution in [0.4, 0.5) is 16.2 Å². The number of hydrogen-bond acceptors (Lipinski definition) is 5. The lowest BCUT2D eigenvalue weighted by atomic mass is 10.1. The number of anilines is 2. The Balaban J connectivity index is 1.53. The molecule has 8 nitrogen and oxygen atoms in total. The SMILES string of the molecule is COc1ccc(Cl)cc1NC(=O)NCC(N)c1ccc(C(=O)Nc2ccncc2)cc1. The highest BCUT2D eigenvalue weighted by Gasteiger charge is 2.12. The van der Waals surface area contributed by atoms with Crippen LogP contribution in [-0.4, -0.2) is 30.6 Å². The van der Waals surface area contributed by atoms with Gasteiger partial charge in [-0.2, -0.15) is 0 Å². The average molecular weight is 440 g/mol. The zero-order valence-corrected chi connectivity index (χ0v) is 17.5. The van der Waals surface area contributed by atoms with Gasteiger partial charge in [-0.15, -0.1) is 0 Å². The predicted molar refractivity (Wildman–Crippen MR) is 121 cm³/mol. The van der Waals surface area contributed by atoms with Crippen molar-refractivity contribution in [2.24, 2.45) is 5.73 Å². The van der Waals surface area contributed by atoms with E-state index in [4.69, 9.17) is 22.1 Å². The molecule has 2 aromatic carbocycles. The molecular formula is C22H22ClN5O3. The largest absolute Gasteiger partial charge is 0.495 e. The van der Waals surface area contributed by atoms with Crippen LogP contribution in [0.5, 0.6) is 5.75 Å². The number of rotatable bonds is 7. The third-order valence-corrected chi connectivity index (χ3v) is 4.67. The number of nitrogens with zero attached hydrogens (tertiary/aromatic N) is 1. The summed E-state index contributed by atoms with van der Waals surface area (Å²) in [6.07, 6.45) is 3.20. The third kappa shape index (κ3) is 6.18. The van der Waals surface area contributed by atoms with Crippen LogP contribution in [0.15, 0.2) is 67.0 Å². The smallest absolute Gasteiger partial charge is 0.319 e. The fourth-order valence-corrected chi connectivity index (χ4v) is 2.96.